The summed E-state index contributed by atoms with van der Waals surface area (Å²) in [7, 11) is 3.38. The number of nitrogens with zero attached hydrogens (tertiary/aromatic N) is 3. The van der Waals surface area contributed by atoms with E-state index in [2.05, 4.69) is 28.3 Å². The Hall–Kier alpha value is -4.07. The number of amides is 1. The van der Waals surface area contributed by atoms with Crippen molar-refractivity contribution in [3.63, 3.8) is 0 Å². The molecule has 0 aliphatic rings. The lowest BCUT2D eigenvalue weighted by Crippen LogP contribution is -2.19. The molecule has 1 aromatic heterocycles. The Labute approximate surface area is 181 Å². The van der Waals surface area contributed by atoms with E-state index in [1.807, 2.05) is 6.92 Å². The van der Waals surface area contributed by atoms with E-state index in [4.69, 9.17) is 14.7 Å². The number of carbonyl (C=O) groups is 1. The fourth-order valence-corrected chi connectivity index (χ4v) is 2.81. The zero-order chi connectivity index (χ0) is 22.2. The maximum absolute atomic E-state index is 12.8. The van der Waals surface area contributed by atoms with Crippen LogP contribution < -0.4 is 10.1 Å². The summed E-state index contributed by atoms with van der Waals surface area (Å²) in [6.07, 6.45) is 1.55. The first-order valence-electron chi connectivity index (χ1n) is 9.60. The Bertz CT molecular complexity index is 1160. The average molecular weight is 414 g/mol. The van der Waals surface area contributed by atoms with Crippen LogP contribution in [-0.4, -0.2) is 35.5 Å². The predicted molar refractivity (Wildman–Crippen MR) is 117 cm³/mol. The van der Waals surface area contributed by atoms with Gasteiger partial charge in [0.25, 0.3) is 5.91 Å². The van der Waals surface area contributed by atoms with Crippen molar-refractivity contribution >= 4 is 11.7 Å². The molecule has 1 amide bonds. The largest absolute Gasteiger partial charge is 0.488 e. The maximum atomic E-state index is 12.8. The van der Waals surface area contributed by atoms with E-state index in [0.717, 1.165) is 5.56 Å². The molecule has 0 bridgehead atoms. The van der Waals surface area contributed by atoms with Crippen LogP contribution in [0.4, 0.5) is 5.82 Å². The normalized spacial score (nSPS) is 11.0. The van der Waals surface area contributed by atoms with Gasteiger partial charge in [0.05, 0.1) is 18.2 Å². The van der Waals surface area contributed by atoms with Gasteiger partial charge in [0, 0.05) is 43.1 Å². The summed E-state index contributed by atoms with van der Waals surface area (Å²) in [5.41, 5.74) is 2.36. The van der Waals surface area contributed by atoms with E-state index >= 15 is 0 Å². The third-order valence-corrected chi connectivity index (χ3v) is 4.23. The molecule has 0 fully saturated rings. The van der Waals surface area contributed by atoms with Gasteiger partial charge in [0.15, 0.2) is 5.82 Å². The van der Waals surface area contributed by atoms with Crippen molar-refractivity contribution < 1.29 is 14.3 Å². The van der Waals surface area contributed by atoms with Crippen molar-refractivity contribution in [2.45, 2.75) is 13.0 Å². The third kappa shape index (κ3) is 6.20. The molecule has 0 aliphatic carbocycles. The zero-order valence-electron chi connectivity index (χ0n) is 17.5. The summed E-state index contributed by atoms with van der Waals surface area (Å²) in [6, 6.07) is 15.9. The number of benzene rings is 2. The second-order valence-corrected chi connectivity index (χ2v) is 6.90. The molecule has 3 aromatic rings. The summed E-state index contributed by atoms with van der Waals surface area (Å²) in [6.45, 7) is 2.29. The molecular formula is C24H22N4O3. The van der Waals surface area contributed by atoms with Crippen LogP contribution in [0.25, 0.3) is 0 Å². The SMILES string of the molecule is COC[C@H](C)Oc1cc(C#Cc2ccc(C#N)cc2)cc(C(=O)Nc2ccn(C)n2)c1. The minimum Gasteiger partial charge on any atom is -0.488 e. The van der Waals surface area contributed by atoms with Crippen LogP contribution >= 0.6 is 0 Å². The first kappa shape index (κ1) is 21.6. The summed E-state index contributed by atoms with van der Waals surface area (Å²) in [5, 5.41) is 15.9. The molecule has 156 valence electrons. The molecule has 0 radical (unpaired) electrons. The van der Waals surface area contributed by atoms with Gasteiger partial charge < -0.3 is 14.8 Å². The Kier molecular flexibility index (Phi) is 7.05. The van der Waals surface area contributed by atoms with Gasteiger partial charge in [0.2, 0.25) is 0 Å². The third-order valence-electron chi connectivity index (χ3n) is 4.23. The van der Waals surface area contributed by atoms with Crippen LogP contribution in [0.3, 0.4) is 0 Å². The molecule has 1 N–H and O–H groups in total. The van der Waals surface area contributed by atoms with E-state index in [9.17, 15) is 4.79 Å². The van der Waals surface area contributed by atoms with Crippen LogP contribution in [0.5, 0.6) is 5.75 Å². The Morgan fingerprint density at radius 3 is 2.48 bits per heavy atom. The molecule has 7 nitrogen and oxygen atoms in total. The minimum absolute atomic E-state index is 0.196. The summed E-state index contributed by atoms with van der Waals surface area (Å²) in [4.78, 5) is 12.8. The van der Waals surface area contributed by atoms with Gasteiger partial charge in [-0.05, 0) is 49.4 Å². The van der Waals surface area contributed by atoms with Gasteiger partial charge in [-0.3, -0.25) is 9.48 Å². The lowest BCUT2D eigenvalue weighted by molar-refractivity contribution is 0.0917. The number of methoxy groups -OCH3 is 1. The van der Waals surface area contributed by atoms with Crippen molar-refractivity contribution in [1.29, 1.82) is 5.26 Å². The monoisotopic (exact) mass is 414 g/mol. The molecule has 0 spiro atoms. The summed E-state index contributed by atoms with van der Waals surface area (Å²) < 4.78 is 12.6. The summed E-state index contributed by atoms with van der Waals surface area (Å²) in [5.74, 6) is 6.77. The van der Waals surface area contributed by atoms with Crippen molar-refractivity contribution in [3.05, 3.63) is 77.0 Å². The molecular weight excluding hydrogens is 392 g/mol. The standard InChI is InChI=1S/C24H22N4O3/c1-17(16-30-3)31-22-13-20(9-6-18-4-7-19(15-25)8-5-18)12-21(14-22)24(29)26-23-10-11-28(2)27-23/h4-5,7-8,10-14,17H,16H2,1-3H3,(H,26,27,29)/t17-/m0/s1. The molecule has 1 atom stereocenters. The van der Waals surface area contributed by atoms with Crippen molar-refractivity contribution in [3.8, 4) is 23.7 Å². The maximum Gasteiger partial charge on any atom is 0.257 e. The number of nitrogens with one attached hydrogen (secondary N) is 1. The molecule has 7 heteroatoms. The van der Waals surface area contributed by atoms with Gasteiger partial charge in [-0.25, -0.2) is 0 Å². The molecule has 0 unspecified atom stereocenters. The van der Waals surface area contributed by atoms with Crippen LogP contribution in [-0.2, 0) is 11.8 Å². The van der Waals surface area contributed by atoms with E-state index in [1.54, 1.807) is 73.6 Å². The Morgan fingerprint density at radius 2 is 1.84 bits per heavy atom. The van der Waals surface area contributed by atoms with Crippen molar-refractivity contribution in [2.75, 3.05) is 19.0 Å². The lowest BCUT2D eigenvalue weighted by atomic mass is 10.1. The van der Waals surface area contributed by atoms with Crippen LogP contribution in [0.2, 0.25) is 0 Å². The highest BCUT2D eigenvalue weighted by molar-refractivity contribution is 6.04. The average Bonchev–Trinajstić information content (AvgIpc) is 3.17. The second kappa shape index (κ2) is 10.1. The number of hydrogen-bond acceptors (Lipinski definition) is 5. The van der Waals surface area contributed by atoms with E-state index in [-0.39, 0.29) is 12.0 Å². The smallest absolute Gasteiger partial charge is 0.257 e. The Morgan fingerprint density at radius 1 is 1.13 bits per heavy atom. The van der Waals surface area contributed by atoms with Gasteiger partial charge in [-0.2, -0.15) is 10.4 Å². The molecule has 0 aliphatic heterocycles. The van der Waals surface area contributed by atoms with E-state index in [1.165, 1.54) is 0 Å². The number of aromatic nitrogens is 2. The predicted octanol–water partition coefficient (Wildman–Crippen LogP) is 3.36. The highest BCUT2D eigenvalue weighted by atomic mass is 16.5. The van der Waals surface area contributed by atoms with E-state index in [0.29, 0.717) is 34.9 Å². The fourth-order valence-electron chi connectivity index (χ4n) is 2.81. The molecule has 31 heavy (non-hydrogen) atoms. The van der Waals surface area contributed by atoms with Crippen molar-refractivity contribution in [2.24, 2.45) is 7.05 Å². The second-order valence-electron chi connectivity index (χ2n) is 6.90. The van der Waals surface area contributed by atoms with Gasteiger partial charge in [-0.1, -0.05) is 11.8 Å². The quantitative estimate of drug-likeness (QED) is 0.625. The molecule has 0 saturated carbocycles. The van der Waals surface area contributed by atoms with Crippen LogP contribution in [0, 0.1) is 23.2 Å². The number of nitriles is 1. The number of aryl methyl sites for hydroxylation is 1. The first-order chi connectivity index (χ1) is 15.0. The summed E-state index contributed by atoms with van der Waals surface area (Å²) >= 11 is 0. The molecule has 0 saturated heterocycles. The van der Waals surface area contributed by atoms with Crippen LogP contribution in [0.15, 0.2) is 54.7 Å². The number of anilines is 1. The molecule has 2 aromatic carbocycles. The van der Waals surface area contributed by atoms with Gasteiger partial charge >= 0.3 is 0 Å². The minimum atomic E-state index is -0.315. The highest BCUT2D eigenvalue weighted by Crippen LogP contribution is 2.20. The molecule has 3 rings (SSSR count). The van der Waals surface area contributed by atoms with Crippen molar-refractivity contribution in [1.82, 2.24) is 9.78 Å². The topological polar surface area (TPSA) is 89.2 Å². The van der Waals surface area contributed by atoms with E-state index < -0.39 is 0 Å². The Balaban J connectivity index is 1.89. The highest BCUT2D eigenvalue weighted by Gasteiger charge is 2.12. The number of carbonyl (C=O) groups excluding carboxylic acids is 1. The fraction of sp³-hybridized carbons (Fsp3) is 0.208. The molecule has 1 heterocycles. The zero-order valence-corrected chi connectivity index (χ0v) is 17.5. The first-order valence-corrected chi connectivity index (χ1v) is 9.60. The van der Waals surface area contributed by atoms with Gasteiger partial charge in [-0.15, -0.1) is 0 Å². The lowest BCUT2D eigenvalue weighted by Gasteiger charge is -2.15. The number of rotatable bonds is 6. The van der Waals surface area contributed by atoms with Gasteiger partial charge in [0.1, 0.15) is 11.9 Å². The number of hydrogen-bond donors (Lipinski definition) is 1. The number of ether oxygens (including phenoxy) is 2. The van der Waals surface area contributed by atoms with Crippen LogP contribution in [0.1, 0.15) is 34.0 Å².